The predicted molar refractivity (Wildman–Crippen MR) is 70.0 cm³/mol. The van der Waals surface area contributed by atoms with Crippen molar-refractivity contribution in [3.05, 3.63) is 30.1 Å². The molecule has 19 heavy (non-hydrogen) atoms. The van der Waals surface area contributed by atoms with Crippen molar-refractivity contribution in [3.8, 4) is 0 Å². The van der Waals surface area contributed by atoms with Gasteiger partial charge in [0.05, 0.1) is 5.69 Å². The Hall–Kier alpha value is -1.91. The molecule has 0 atom stereocenters. The van der Waals surface area contributed by atoms with Crippen LogP contribution in [0.15, 0.2) is 24.3 Å². The van der Waals surface area contributed by atoms with Crippen LogP contribution in [-0.4, -0.2) is 17.9 Å². The summed E-state index contributed by atoms with van der Waals surface area (Å²) in [5, 5.41) is 4.96. The Morgan fingerprint density at radius 2 is 1.74 bits per heavy atom. The molecule has 1 aliphatic carbocycles. The molecule has 1 saturated carbocycles. The average molecular weight is 264 g/mol. The van der Waals surface area contributed by atoms with Crippen molar-refractivity contribution in [2.24, 2.45) is 0 Å². The van der Waals surface area contributed by atoms with E-state index in [1.165, 1.54) is 24.6 Å². The van der Waals surface area contributed by atoms with Gasteiger partial charge in [-0.25, -0.2) is 4.39 Å². The summed E-state index contributed by atoms with van der Waals surface area (Å²) >= 11 is 0. The van der Waals surface area contributed by atoms with Crippen LogP contribution in [0, 0.1) is 5.82 Å². The SMILES string of the molecule is O=C(Nc1ccccc1F)C(=O)NC1CCCCC1. The molecular formula is C14H17FN2O2. The zero-order chi connectivity index (χ0) is 13.7. The minimum atomic E-state index is -0.823. The second kappa shape index (κ2) is 6.31. The van der Waals surface area contributed by atoms with Gasteiger partial charge in [0.1, 0.15) is 5.82 Å². The van der Waals surface area contributed by atoms with Crippen molar-refractivity contribution < 1.29 is 14.0 Å². The number of anilines is 1. The third kappa shape index (κ3) is 3.77. The number of benzene rings is 1. The number of carbonyl (C=O) groups is 2. The Bertz CT molecular complexity index is 470. The Morgan fingerprint density at radius 3 is 2.42 bits per heavy atom. The highest BCUT2D eigenvalue weighted by molar-refractivity contribution is 6.39. The maximum absolute atomic E-state index is 13.3. The van der Waals surface area contributed by atoms with Crippen molar-refractivity contribution in [3.63, 3.8) is 0 Å². The van der Waals surface area contributed by atoms with E-state index in [4.69, 9.17) is 0 Å². The molecule has 1 aromatic rings. The Morgan fingerprint density at radius 1 is 1.05 bits per heavy atom. The molecule has 0 saturated heterocycles. The Labute approximate surface area is 111 Å². The number of hydrogen-bond acceptors (Lipinski definition) is 2. The molecule has 0 radical (unpaired) electrons. The topological polar surface area (TPSA) is 58.2 Å². The van der Waals surface area contributed by atoms with Crippen LogP contribution in [0.4, 0.5) is 10.1 Å². The summed E-state index contributed by atoms with van der Waals surface area (Å²) in [4.78, 5) is 23.3. The minimum Gasteiger partial charge on any atom is -0.345 e. The molecule has 0 heterocycles. The van der Waals surface area contributed by atoms with Gasteiger partial charge in [0.25, 0.3) is 0 Å². The fraction of sp³-hybridized carbons (Fsp3) is 0.429. The zero-order valence-electron chi connectivity index (χ0n) is 10.6. The third-order valence-corrected chi connectivity index (χ3v) is 3.27. The summed E-state index contributed by atoms with van der Waals surface area (Å²) in [6, 6.07) is 5.83. The van der Waals surface area contributed by atoms with Crippen molar-refractivity contribution in [2.75, 3.05) is 5.32 Å². The number of para-hydroxylation sites is 1. The molecular weight excluding hydrogens is 247 g/mol. The van der Waals surface area contributed by atoms with Crippen LogP contribution in [0.5, 0.6) is 0 Å². The standard InChI is InChI=1S/C14H17FN2O2/c15-11-8-4-5-9-12(11)17-14(19)13(18)16-10-6-2-1-3-7-10/h4-5,8-10H,1-3,6-7H2,(H,16,18)(H,17,19). The van der Waals surface area contributed by atoms with Gasteiger partial charge in [-0.05, 0) is 25.0 Å². The van der Waals surface area contributed by atoms with E-state index in [0.29, 0.717) is 0 Å². The molecule has 102 valence electrons. The Balaban J connectivity index is 1.89. The lowest BCUT2D eigenvalue weighted by atomic mass is 9.95. The fourth-order valence-electron chi connectivity index (χ4n) is 2.24. The van der Waals surface area contributed by atoms with Crippen LogP contribution in [0.1, 0.15) is 32.1 Å². The molecule has 2 N–H and O–H groups in total. The van der Waals surface area contributed by atoms with E-state index in [1.54, 1.807) is 6.07 Å². The van der Waals surface area contributed by atoms with E-state index < -0.39 is 17.6 Å². The average Bonchev–Trinajstić information content (AvgIpc) is 2.42. The Kier molecular flexibility index (Phi) is 4.49. The van der Waals surface area contributed by atoms with Crippen LogP contribution in [0.2, 0.25) is 0 Å². The van der Waals surface area contributed by atoms with E-state index in [1.807, 2.05) is 0 Å². The normalized spacial score (nSPS) is 15.8. The lowest BCUT2D eigenvalue weighted by Gasteiger charge is -2.22. The number of carbonyl (C=O) groups excluding carboxylic acids is 2. The van der Waals surface area contributed by atoms with Crippen LogP contribution in [-0.2, 0) is 9.59 Å². The molecule has 4 nitrogen and oxygen atoms in total. The van der Waals surface area contributed by atoms with Crippen LogP contribution in [0.3, 0.4) is 0 Å². The predicted octanol–water partition coefficient (Wildman–Crippen LogP) is 2.21. The monoisotopic (exact) mass is 264 g/mol. The first kappa shape index (κ1) is 13.5. The molecule has 1 aliphatic rings. The first-order valence-corrected chi connectivity index (χ1v) is 6.53. The highest BCUT2D eigenvalue weighted by atomic mass is 19.1. The maximum Gasteiger partial charge on any atom is 0.313 e. The van der Waals surface area contributed by atoms with E-state index in [-0.39, 0.29) is 11.7 Å². The van der Waals surface area contributed by atoms with Crippen molar-refractivity contribution in [2.45, 2.75) is 38.1 Å². The highest BCUT2D eigenvalue weighted by Crippen LogP contribution is 2.17. The highest BCUT2D eigenvalue weighted by Gasteiger charge is 2.20. The van der Waals surface area contributed by atoms with Gasteiger partial charge in [0.15, 0.2) is 0 Å². The lowest BCUT2D eigenvalue weighted by Crippen LogP contribution is -2.42. The number of rotatable bonds is 2. The van der Waals surface area contributed by atoms with E-state index in [0.717, 1.165) is 25.7 Å². The smallest absolute Gasteiger partial charge is 0.313 e. The summed E-state index contributed by atoms with van der Waals surface area (Å²) in [7, 11) is 0. The molecule has 0 aliphatic heterocycles. The van der Waals surface area contributed by atoms with Gasteiger partial charge in [-0.3, -0.25) is 9.59 Å². The summed E-state index contributed by atoms with van der Waals surface area (Å²) in [6.07, 6.45) is 5.12. The van der Waals surface area contributed by atoms with Gasteiger partial charge in [0, 0.05) is 6.04 Å². The summed E-state index contributed by atoms with van der Waals surface area (Å²) in [6.45, 7) is 0. The van der Waals surface area contributed by atoms with Crippen LogP contribution >= 0.6 is 0 Å². The van der Waals surface area contributed by atoms with E-state index >= 15 is 0 Å². The largest absolute Gasteiger partial charge is 0.345 e. The molecule has 1 fully saturated rings. The molecule has 2 rings (SSSR count). The first-order valence-electron chi connectivity index (χ1n) is 6.53. The van der Waals surface area contributed by atoms with Gasteiger partial charge in [-0.15, -0.1) is 0 Å². The second-order valence-corrected chi connectivity index (χ2v) is 4.74. The third-order valence-electron chi connectivity index (χ3n) is 3.27. The minimum absolute atomic E-state index is 0.0197. The molecule has 0 spiro atoms. The van der Waals surface area contributed by atoms with Crippen LogP contribution in [0.25, 0.3) is 0 Å². The molecule has 2 amide bonds. The number of amides is 2. The van der Waals surface area contributed by atoms with Gasteiger partial charge in [-0.1, -0.05) is 31.4 Å². The molecule has 0 unspecified atom stereocenters. The number of hydrogen-bond donors (Lipinski definition) is 2. The van der Waals surface area contributed by atoms with Crippen molar-refractivity contribution in [1.82, 2.24) is 5.32 Å². The molecule has 1 aromatic carbocycles. The van der Waals surface area contributed by atoms with Crippen molar-refractivity contribution in [1.29, 1.82) is 0 Å². The molecule has 0 bridgehead atoms. The molecule has 5 heteroatoms. The van der Waals surface area contributed by atoms with Gasteiger partial charge < -0.3 is 10.6 Å². The first-order chi connectivity index (χ1) is 9.16. The molecule has 0 aromatic heterocycles. The lowest BCUT2D eigenvalue weighted by molar-refractivity contribution is -0.136. The van der Waals surface area contributed by atoms with Crippen LogP contribution < -0.4 is 10.6 Å². The number of halogens is 1. The van der Waals surface area contributed by atoms with Gasteiger partial charge >= 0.3 is 11.8 Å². The van der Waals surface area contributed by atoms with E-state index in [2.05, 4.69) is 10.6 Å². The summed E-state index contributed by atoms with van der Waals surface area (Å²) in [5.41, 5.74) is 0.0197. The quantitative estimate of drug-likeness (QED) is 0.805. The van der Waals surface area contributed by atoms with E-state index in [9.17, 15) is 14.0 Å². The number of nitrogens with one attached hydrogen (secondary N) is 2. The maximum atomic E-state index is 13.3. The summed E-state index contributed by atoms with van der Waals surface area (Å²) in [5.74, 6) is -2.08. The van der Waals surface area contributed by atoms with Gasteiger partial charge in [0.2, 0.25) is 0 Å². The fourth-order valence-corrected chi connectivity index (χ4v) is 2.24. The summed E-state index contributed by atoms with van der Waals surface area (Å²) < 4.78 is 13.3. The van der Waals surface area contributed by atoms with Crippen molar-refractivity contribution >= 4 is 17.5 Å². The second-order valence-electron chi connectivity index (χ2n) is 4.74. The van der Waals surface area contributed by atoms with Gasteiger partial charge in [-0.2, -0.15) is 0 Å². The zero-order valence-corrected chi connectivity index (χ0v) is 10.6.